The van der Waals surface area contributed by atoms with Crippen LogP contribution in [0.5, 0.6) is 0 Å². The minimum Gasteiger partial charge on any atom is -0.468 e. The third-order valence-electron chi connectivity index (χ3n) is 4.78. The molecule has 0 unspecified atom stereocenters. The van der Waals surface area contributed by atoms with E-state index in [0.29, 0.717) is 37.3 Å². The van der Waals surface area contributed by atoms with Gasteiger partial charge in [-0.1, -0.05) is 55.1 Å². The van der Waals surface area contributed by atoms with Gasteiger partial charge in [0.2, 0.25) is 0 Å². The summed E-state index contributed by atoms with van der Waals surface area (Å²) in [6, 6.07) is 16.7. The molecular formula is C25H24O4. The van der Waals surface area contributed by atoms with E-state index < -0.39 is 0 Å². The zero-order valence-electron chi connectivity index (χ0n) is 16.5. The standard InChI is InChI=1S/C25H24O4/c1-18(2)25(27)29-24-12-10-21(11-13-24)23-5-3-4-22(16-23)20-8-6-19(7-9-20)14-15-28-17-26/h3-10,12,16-17H,1,11,13-15H2,2H3. The minimum atomic E-state index is -0.378. The fourth-order valence-corrected chi connectivity index (χ4v) is 3.14. The summed E-state index contributed by atoms with van der Waals surface area (Å²) in [5, 5.41) is 0. The number of benzene rings is 2. The van der Waals surface area contributed by atoms with E-state index in [9.17, 15) is 9.59 Å². The Kier molecular flexibility index (Phi) is 6.80. The van der Waals surface area contributed by atoms with Gasteiger partial charge in [-0.05, 0) is 53.3 Å². The number of carbonyl (C=O) groups is 2. The molecule has 0 fully saturated rings. The van der Waals surface area contributed by atoms with Gasteiger partial charge >= 0.3 is 5.97 Å². The number of esters is 1. The zero-order chi connectivity index (χ0) is 20.6. The molecule has 29 heavy (non-hydrogen) atoms. The first-order valence-electron chi connectivity index (χ1n) is 9.59. The maximum atomic E-state index is 11.7. The summed E-state index contributed by atoms with van der Waals surface area (Å²) in [5.74, 6) is 0.295. The van der Waals surface area contributed by atoms with Crippen LogP contribution >= 0.6 is 0 Å². The molecule has 0 saturated heterocycles. The Balaban J connectivity index is 1.72. The third kappa shape index (κ3) is 5.55. The average molecular weight is 388 g/mol. The number of hydrogen-bond donors (Lipinski definition) is 0. The molecule has 148 valence electrons. The van der Waals surface area contributed by atoms with E-state index in [1.807, 2.05) is 12.2 Å². The molecule has 1 aliphatic carbocycles. The molecule has 0 radical (unpaired) electrons. The lowest BCUT2D eigenvalue weighted by Crippen LogP contribution is -2.06. The summed E-state index contributed by atoms with van der Waals surface area (Å²) >= 11 is 0. The molecule has 0 aromatic heterocycles. The van der Waals surface area contributed by atoms with Gasteiger partial charge in [-0.15, -0.1) is 0 Å². The lowest BCUT2D eigenvalue weighted by atomic mass is 9.93. The fraction of sp³-hybridized carbons (Fsp3) is 0.200. The molecule has 0 atom stereocenters. The summed E-state index contributed by atoms with van der Waals surface area (Å²) < 4.78 is 10.1. The van der Waals surface area contributed by atoms with Gasteiger partial charge in [0.05, 0.1) is 6.61 Å². The van der Waals surface area contributed by atoms with Crippen LogP contribution in [0.1, 0.15) is 30.9 Å². The Bertz CT molecular complexity index is 965. The van der Waals surface area contributed by atoms with Crippen molar-refractivity contribution in [1.82, 2.24) is 0 Å². The molecule has 0 bridgehead atoms. The number of hydrogen-bond acceptors (Lipinski definition) is 4. The van der Waals surface area contributed by atoms with Crippen molar-refractivity contribution in [3.05, 3.63) is 89.7 Å². The van der Waals surface area contributed by atoms with E-state index >= 15 is 0 Å². The maximum Gasteiger partial charge on any atom is 0.338 e. The van der Waals surface area contributed by atoms with Crippen LogP contribution < -0.4 is 0 Å². The largest absolute Gasteiger partial charge is 0.468 e. The normalized spacial score (nSPS) is 13.1. The fourth-order valence-electron chi connectivity index (χ4n) is 3.14. The van der Waals surface area contributed by atoms with Crippen molar-refractivity contribution in [3.8, 4) is 11.1 Å². The van der Waals surface area contributed by atoms with Crippen molar-refractivity contribution in [3.63, 3.8) is 0 Å². The van der Waals surface area contributed by atoms with E-state index in [1.165, 1.54) is 5.57 Å². The van der Waals surface area contributed by atoms with E-state index in [-0.39, 0.29) is 5.97 Å². The molecule has 4 nitrogen and oxygen atoms in total. The molecule has 2 aromatic carbocycles. The van der Waals surface area contributed by atoms with Gasteiger partial charge in [-0.3, -0.25) is 4.79 Å². The van der Waals surface area contributed by atoms with Crippen LogP contribution in [0.4, 0.5) is 0 Å². The predicted octanol–water partition coefficient (Wildman–Crippen LogP) is 5.25. The Hall–Kier alpha value is -3.40. The predicted molar refractivity (Wildman–Crippen MR) is 114 cm³/mol. The minimum absolute atomic E-state index is 0.378. The topological polar surface area (TPSA) is 52.6 Å². The zero-order valence-corrected chi connectivity index (χ0v) is 16.5. The molecule has 2 aromatic rings. The highest BCUT2D eigenvalue weighted by molar-refractivity contribution is 5.88. The quantitative estimate of drug-likeness (QED) is 0.268. The highest BCUT2D eigenvalue weighted by Gasteiger charge is 2.13. The van der Waals surface area contributed by atoms with Crippen molar-refractivity contribution in [2.24, 2.45) is 0 Å². The summed E-state index contributed by atoms with van der Waals surface area (Å²) in [4.78, 5) is 21.9. The van der Waals surface area contributed by atoms with Crippen LogP contribution in [0.2, 0.25) is 0 Å². The molecule has 0 amide bonds. The van der Waals surface area contributed by atoms with Gasteiger partial charge in [0.15, 0.2) is 0 Å². The number of allylic oxidation sites excluding steroid dienone is 4. The van der Waals surface area contributed by atoms with Crippen LogP contribution in [0.15, 0.2) is 78.6 Å². The number of ether oxygens (including phenoxy) is 2. The van der Waals surface area contributed by atoms with Crippen molar-refractivity contribution in [1.29, 1.82) is 0 Å². The van der Waals surface area contributed by atoms with E-state index in [2.05, 4.69) is 55.1 Å². The Morgan fingerprint density at radius 3 is 2.45 bits per heavy atom. The summed E-state index contributed by atoms with van der Waals surface area (Å²) in [6.45, 7) is 6.12. The van der Waals surface area contributed by atoms with Gasteiger partial charge in [0.1, 0.15) is 5.76 Å². The summed E-state index contributed by atoms with van der Waals surface area (Å²) in [5.41, 5.74) is 6.17. The van der Waals surface area contributed by atoms with Crippen LogP contribution in [-0.2, 0) is 25.5 Å². The molecule has 4 heteroatoms. The van der Waals surface area contributed by atoms with E-state index in [0.717, 1.165) is 28.7 Å². The lowest BCUT2D eigenvalue weighted by Gasteiger charge is -2.16. The van der Waals surface area contributed by atoms with Gasteiger partial charge < -0.3 is 9.47 Å². The molecule has 0 N–H and O–H groups in total. The molecule has 1 aliphatic rings. The second-order valence-electron chi connectivity index (χ2n) is 6.99. The molecule has 0 saturated carbocycles. The highest BCUT2D eigenvalue weighted by Crippen LogP contribution is 2.30. The number of carbonyl (C=O) groups excluding carboxylic acids is 2. The van der Waals surface area contributed by atoms with Crippen LogP contribution in [-0.4, -0.2) is 19.0 Å². The summed E-state index contributed by atoms with van der Waals surface area (Å²) in [7, 11) is 0. The number of rotatable bonds is 8. The first kappa shape index (κ1) is 20.3. The van der Waals surface area contributed by atoms with Crippen LogP contribution in [0.3, 0.4) is 0 Å². The lowest BCUT2D eigenvalue weighted by molar-refractivity contribution is -0.135. The summed E-state index contributed by atoms with van der Waals surface area (Å²) in [6.07, 6.45) is 6.08. The van der Waals surface area contributed by atoms with Crippen molar-refractivity contribution < 1.29 is 19.1 Å². The second-order valence-corrected chi connectivity index (χ2v) is 6.99. The van der Waals surface area contributed by atoms with Gasteiger partial charge in [-0.2, -0.15) is 0 Å². The Morgan fingerprint density at radius 1 is 1.03 bits per heavy atom. The van der Waals surface area contributed by atoms with E-state index in [1.54, 1.807) is 6.92 Å². The molecule has 0 spiro atoms. The SMILES string of the molecule is C=C(C)C(=O)OC1=CC=C(c2cccc(-c3ccc(CCOC=O)cc3)c2)CC1. The van der Waals surface area contributed by atoms with Crippen molar-refractivity contribution in [2.45, 2.75) is 26.2 Å². The Morgan fingerprint density at radius 2 is 1.79 bits per heavy atom. The first-order chi connectivity index (χ1) is 14.1. The highest BCUT2D eigenvalue weighted by atomic mass is 16.5. The van der Waals surface area contributed by atoms with Crippen molar-refractivity contribution in [2.75, 3.05) is 6.61 Å². The van der Waals surface area contributed by atoms with Gasteiger partial charge in [0.25, 0.3) is 6.47 Å². The smallest absolute Gasteiger partial charge is 0.338 e. The first-order valence-corrected chi connectivity index (χ1v) is 9.59. The van der Waals surface area contributed by atoms with Crippen molar-refractivity contribution >= 4 is 18.0 Å². The Labute approximate surface area is 171 Å². The van der Waals surface area contributed by atoms with Gasteiger partial charge in [0, 0.05) is 18.4 Å². The van der Waals surface area contributed by atoms with E-state index in [4.69, 9.17) is 9.47 Å². The monoisotopic (exact) mass is 388 g/mol. The average Bonchev–Trinajstić information content (AvgIpc) is 2.75. The second kappa shape index (κ2) is 9.69. The maximum absolute atomic E-state index is 11.7. The molecular weight excluding hydrogens is 364 g/mol. The van der Waals surface area contributed by atoms with Crippen LogP contribution in [0.25, 0.3) is 16.7 Å². The molecule has 3 rings (SSSR count). The molecule has 0 aliphatic heterocycles. The van der Waals surface area contributed by atoms with Crippen LogP contribution in [0, 0.1) is 0 Å². The van der Waals surface area contributed by atoms with Gasteiger partial charge in [-0.25, -0.2) is 4.79 Å². The third-order valence-corrected chi connectivity index (χ3v) is 4.78. The molecule has 0 heterocycles.